The average molecular weight is 743 g/mol. The number of carbonyl (C=O) groups is 3. The second-order valence-corrected chi connectivity index (χ2v) is 13.8. The van der Waals surface area contributed by atoms with Crippen molar-refractivity contribution in [1.82, 2.24) is 24.3 Å². The van der Waals surface area contributed by atoms with Gasteiger partial charge in [-0.1, -0.05) is 55.3 Å². The lowest BCUT2D eigenvalue weighted by Crippen LogP contribution is -2.43. The Morgan fingerprint density at radius 2 is 1.79 bits per heavy atom. The third-order valence-electron chi connectivity index (χ3n) is 10.00. The number of aromatic nitrogens is 3. The highest BCUT2D eigenvalue weighted by molar-refractivity contribution is 6.36. The summed E-state index contributed by atoms with van der Waals surface area (Å²) in [7, 11) is 4.35. The molecule has 4 aromatic rings. The molecule has 0 spiro atoms. The smallest absolute Gasteiger partial charge is 0.410 e. The summed E-state index contributed by atoms with van der Waals surface area (Å²) >= 11 is 7.16. The van der Waals surface area contributed by atoms with Crippen LogP contribution in [0.5, 0.6) is 5.88 Å². The molecule has 53 heavy (non-hydrogen) atoms. The molecule has 1 unspecified atom stereocenters. The van der Waals surface area contributed by atoms with Crippen LogP contribution in [0.15, 0.2) is 58.3 Å². The SMILES string of the molecule is CCCCOC(=O)N(CC1CCC(=O)N1)[C@H]1CCc2cc(-c3cccc(-c4cccc(NC(=O)c5cn(C)c(=O)n(C)c5=O)c4C)c3Cl)nc(OC)c21. The van der Waals surface area contributed by atoms with Crippen LogP contribution in [-0.4, -0.2) is 63.2 Å². The fraction of sp³-hybridized carbons (Fsp3) is 0.385. The Labute approximate surface area is 311 Å². The maximum atomic E-state index is 13.5. The van der Waals surface area contributed by atoms with E-state index < -0.39 is 23.2 Å². The molecule has 2 aliphatic rings. The van der Waals surface area contributed by atoms with Crippen molar-refractivity contribution in [2.24, 2.45) is 14.1 Å². The molecule has 3 heterocycles. The molecule has 0 bridgehead atoms. The van der Waals surface area contributed by atoms with E-state index in [4.69, 9.17) is 26.1 Å². The van der Waals surface area contributed by atoms with Crippen LogP contribution in [0.1, 0.15) is 72.1 Å². The molecule has 2 aromatic carbocycles. The van der Waals surface area contributed by atoms with E-state index in [1.54, 1.807) is 24.1 Å². The molecule has 6 rings (SSSR count). The molecule has 2 atom stereocenters. The first-order valence-corrected chi connectivity index (χ1v) is 18.1. The lowest BCUT2D eigenvalue weighted by atomic mass is 9.96. The molecule has 278 valence electrons. The Kier molecular flexibility index (Phi) is 11.0. The maximum absolute atomic E-state index is 13.5. The number of unbranched alkanes of at least 4 members (excludes halogenated alkanes) is 1. The Hall–Kier alpha value is -5.43. The van der Waals surface area contributed by atoms with E-state index in [0.29, 0.717) is 77.8 Å². The Morgan fingerprint density at radius 3 is 2.51 bits per heavy atom. The number of nitrogens with one attached hydrogen (secondary N) is 2. The fourth-order valence-corrected chi connectivity index (χ4v) is 7.43. The molecule has 1 fully saturated rings. The molecular weight excluding hydrogens is 700 g/mol. The van der Waals surface area contributed by atoms with Gasteiger partial charge in [-0.2, -0.15) is 0 Å². The largest absolute Gasteiger partial charge is 0.481 e. The van der Waals surface area contributed by atoms with Gasteiger partial charge in [0, 0.05) is 61.7 Å². The number of halogens is 1. The number of nitrogens with zero attached hydrogens (tertiary/aromatic N) is 4. The van der Waals surface area contributed by atoms with Crippen molar-refractivity contribution in [2.45, 2.75) is 64.5 Å². The Bertz CT molecular complexity index is 2210. The van der Waals surface area contributed by atoms with Crippen LogP contribution in [0.25, 0.3) is 22.4 Å². The van der Waals surface area contributed by atoms with Crippen LogP contribution in [0, 0.1) is 6.92 Å². The maximum Gasteiger partial charge on any atom is 0.410 e. The highest BCUT2D eigenvalue weighted by Gasteiger charge is 2.38. The summed E-state index contributed by atoms with van der Waals surface area (Å²) in [5.41, 5.74) is 4.31. The molecule has 3 amide bonds. The van der Waals surface area contributed by atoms with Crippen LogP contribution in [0.3, 0.4) is 0 Å². The predicted molar refractivity (Wildman–Crippen MR) is 201 cm³/mol. The van der Waals surface area contributed by atoms with E-state index in [0.717, 1.165) is 34.1 Å². The van der Waals surface area contributed by atoms with E-state index in [9.17, 15) is 24.0 Å². The van der Waals surface area contributed by atoms with Gasteiger partial charge in [-0.05, 0) is 61.4 Å². The normalized spacial score (nSPS) is 16.2. The summed E-state index contributed by atoms with van der Waals surface area (Å²) < 4.78 is 13.6. The zero-order valence-corrected chi connectivity index (χ0v) is 31.2. The average Bonchev–Trinajstić information content (AvgIpc) is 3.77. The third kappa shape index (κ3) is 7.43. The van der Waals surface area contributed by atoms with E-state index in [-0.39, 0.29) is 23.6 Å². The van der Waals surface area contributed by atoms with Crippen LogP contribution >= 0.6 is 11.6 Å². The minimum absolute atomic E-state index is 0.0239. The quantitative estimate of drug-likeness (QED) is 0.190. The van der Waals surface area contributed by atoms with Gasteiger partial charge in [0.1, 0.15) is 5.56 Å². The first-order chi connectivity index (χ1) is 25.4. The molecule has 2 aromatic heterocycles. The molecule has 1 aliphatic heterocycles. The standard InChI is InChI=1S/C39H43ClN6O7/c1-6-7-18-53-39(51)46(20-24-15-17-32(47)41-24)31-16-14-23-19-30(43-36(52-5)33(23)31)27-12-8-11-26(34(27)40)25-10-9-13-29(22(25)2)42-35(48)28-21-44(3)38(50)45(4)37(28)49/h8-13,19,21,24,31H,6-7,14-18,20H2,1-5H3,(H,41,47)(H,42,48)/t24?,31-/m0/s1. The summed E-state index contributed by atoms with van der Waals surface area (Å²) in [5, 5.41) is 6.24. The van der Waals surface area contributed by atoms with Crippen molar-refractivity contribution in [3.8, 4) is 28.3 Å². The van der Waals surface area contributed by atoms with Gasteiger partial charge in [0.15, 0.2) is 0 Å². The van der Waals surface area contributed by atoms with Gasteiger partial charge in [-0.3, -0.25) is 23.9 Å². The van der Waals surface area contributed by atoms with Crippen LogP contribution in [0.2, 0.25) is 5.02 Å². The minimum atomic E-state index is -0.694. The number of aryl methyl sites for hydroxylation is 2. The number of pyridine rings is 1. The number of rotatable bonds is 11. The molecule has 14 heteroatoms. The Morgan fingerprint density at radius 1 is 1.06 bits per heavy atom. The van der Waals surface area contributed by atoms with Gasteiger partial charge in [0.2, 0.25) is 11.8 Å². The third-order valence-corrected chi connectivity index (χ3v) is 10.4. The van der Waals surface area contributed by atoms with Crippen LogP contribution in [0.4, 0.5) is 10.5 Å². The van der Waals surface area contributed by atoms with Crippen molar-refractivity contribution in [3.05, 3.63) is 96.8 Å². The number of methoxy groups -OCH3 is 1. The summed E-state index contributed by atoms with van der Waals surface area (Å²) in [5.74, 6) is -0.285. The topological polar surface area (TPSA) is 154 Å². The van der Waals surface area contributed by atoms with Crippen LogP contribution in [-0.2, 0) is 30.0 Å². The fourth-order valence-electron chi connectivity index (χ4n) is 7.11. The van der Waals surface area contributed by atoms with E-state index in [2.05, 4.69) is 10.6 Å². The van der Waals surface area contributed by atoms with Gasteiger partial charge >= 0.3 is 11.8 Å². The van der Waals surface area contributed by atoms with Crippen molar-refractivity contribution in [1.29, 1.82) is 0 Å². The molecular formula is C39H43ClN6O7. The van der Waals surface area contributed by atoms with Crippen molar-refractivity contribution < 1.29 is 23.9 Å². The van der Waals surface area contributed by atoms with Crippen molar-refractivity contribution in [3.63, 3.8) is 0 Å². The second kappa shape index (κ2) is 15.7. The lowest BCUT2D eigenvalue weighted by molar-refractivity contribution is -0.119. The zero-order valence-electron chi connectivity index (χ0n) is 30.5. The lowest BCUT2D eigenvalue weighted by Gasteiger charge is -2.31. The molecule has 1 saturated heterocycles. The number of benzene rings is 2. The summed E-state index contributed by atoms with van der Waals surface area (Å²) in [4.78, 5) is 70.2. The first-order valence-electron chi connectivity index (χ1n) is 17.7. The van der Waals surface area contributed by atoms with Gasteiger partial charge in [0.25, 0.3) is 11.5 Å². The minimum Gasteiger partial charge on any atom is -0.481 e. The highest BCUT2D eigenvalue weighted by atomic mass is 35.5. The predicted octanol–water partition coefficient (Wildman–Crippen LogP) is 5.54. The molecule has 13 nitrogen and oxygen atoms in total. The molecule has 2 N–H and O–H groups in total. The number of anilines is 1. The second-order valence-electron chi connectivity index (χ2n) is 13.5. The molecule has 0 saturated carbocycles. The van der Waals surface area contributed by atoms with Crippen molar-refractivity contribution >= 4 is 35.2 Å². The van der Waals surface area contributed by atoms with Gasteiger partial charge in [0.05, 0.1) is 30.5 Å². The highest BCUT2D eigenvalue weighted by Crippen LogP contribution is 2.45. The van der Waals surface area contributed by atoms with Crippen molar-refractivity contribution in [2.75, 3.05) is 25.6 Å². The number of hydrogen-bond donors (Lipinski definition) is 2. The zero-order chi connectivity index (χ0) is 38.0. The van der Waals surface area contributed by atoms with E-state index in [1.807, 2.05) is 44.2 Å². The summed E-state index contributed by atoms with van der Waals surface area (Å²) in [6.07, 6.45) is 4.82. The molecule has 0 radical (unpaired) electrons. The van der Waals surface area contributed by atoms with E-state index >= 15 is 0 Å². The Balaban J connectivity index is 1.32. The number of amides is 3. The number of carbonyl (C=O) groups excluding carboxylic acids is 3. The van der Waals surface area contributed by atoms with Gasteiger partial charge in [-0.15, -0.1) is 0 Å². The first kappa shape index (κ1) is 37.3. The number of hydrogen-bond acceptors (Lipinski definition) is 8. The van der Waals surface area contributed by atoms with E-state index in [1.165, 1.54) is 24.9 Å². The van der Waals surface area contributed by atoms with Gasteiger partial charge < -0.3 is 24.7 Å². The van der Waals surface area contributed by atoms with Gasteiger partial charge in [-0.25, -0.2) is 14.6 Å². The summed E-state index contributed by atoms with van der Waals surface area (Å²) in [6, 6.07) is 12.5. The number of fused-ring (bicyclic) bond motifs is 1. The molecule has 1 aliphatic carbocycles. The van der Waals surface area contributed by atoms with Crippen LogP contribution < -0.4 is 26.6 Å². The summed E-state index contributed by atoms with van der Waals surface area (Å²) in [6.45, 7) is 4.51. The monoisotopic (exact) mass is 742 g/mol. The number of ether oxygens (including phenoxy) is 2.